The van der Waals surface area contributed by atoms with E-state index >= 15 is 0 Å². The minimum Gasteiger partial charge on any atom is -0.478 e. The van der Waals surface area contributed by atoms with E-state index in [1.54, 1.807) is 12.3 Å². The number of hydrogen-bond acceptors (Lipinski definition) is 4. The standard InChI is InChI=1S/C12H21N3O/c1-5-16-10-6-8-13-11(15-10)14-9-7-12(2,3)4/h6,8H,5,7,9H2,1-4H3,(H,13,14,15). The lowest BCUT2D eigenvalue weighted by Crippen LogP contribution is -2.14. The van der Waals surface area contributed by atoms with Crippen molar-refractivity contribution in [1.82, 2.24) is 9.97 Å². The smallest absolute Gasteiger partial charge is 0.225 e. The normalized spacial score (nSPS) is 11.2. The zero-order chi connectivity index (χ0) is 12.0. The van der Waals surface area contributed by atoms with Crippen LogP contribution in [0.4, 0.5) is 5.95 Å². The van der Waals surface area contributed by atoms with Crippen molar-refractivity contribution < 1.29 is 4.74 Å². The maximum atomic E-state index is 5.30. The molecule has 90 valence electrons. The van der Waals surface area contributed by atoms with Crippen molar-refractivity contribution in [2.45, 2.75) is 34.1 Å². The predicted octanol–water partition coefficient (Wildman–Crippen LogP) is 2.72. The van der Waals surface area contributed by atoms with Crippen LogP contribution in [0.2, 0.25) is 0 Å². The first-order chi connectivity index (χ1) is 7.51. The van der Waals surface area contributed by atoms with E-state index in [9.17, 15) is 0 Å². The molecule has 0 bridgehead atoms. The summed E-state index contributed by atoms with van der Waals surface area (Å²) in [6.07, 6.45) is 2.78. The molecule has 0 aliphatic rings. The highest BCUT2D eigenvalue weighted by atomic mass is 16.5. The summed E-state index contributed by atoms with van der Waals surface area (Å²) in [5, 5.41) is 3.20. The fourth-order valence-corrected chi connectivity index (χ4v) is 1.20. The van der Waals surface area contributed by atoms with Crippen LogP contribution in [0.5, 0.6) is 5.88 Å². The average Bonchev–Trinajstić information content (AvgIpc) is 2.17. The van der Waals surface area contributed by atoms with Crippen molar-refractivity contribution in [1.29, 1.82) is 0 Å². The van der Waals surface area contributed by atoms with Gasteiger partial charge in [-0.25, -0.2) is 4.98 Å². The quantitative estimate of drug-likeness (QED) is 0.833. The van der Waals surface area contributed by atoms with Crippen LogP contribution in [-0.4, -0.2) is 23.1 Å². The van der Waals surface area contributed by atoms with Gasteiger partial charge in [-0.05, 0) is 18.8 Å². The molecule has 0 unspecified atom stereocenters. The zero-order valence-corrected chi connectivity index (χ0v) is 10.6. The molecule has 16 heavy (non-hydrogen) atoms. The van der Waals surface area contributed by atoms with Gasteiger partial charge in [-0.2, -0.15) is 4.98 Å². The van der Waals surface area contributed by atoms with Crippen LogP contribution in [0, 0.1) is 5.41 Å². The van der Waals surface area contributed by atoms with E-state index in [1.807, 2.05) is 6.92 Å². The predicted molar refractivity (Wildman–Crippen MR) is 65.8 cm³/mol. The van der Waals surface area contributed by atoms with Crippen LogP contribution in [0.1, 0.15) is 34.1 Å². The number of nitrogens with one attached hydrogen (secondary N) is 1. The summed E-state index contributed by atoms with van der Waals surface area (Å²) in [4.78, 5) is 8.38. The number of aromatic nitrogens is 2. The Morgan fingerprint density at radius 1 is 1.38 bits per heavy atom. The molecule has 4 heteroatoms. The van der Waals surface area contributed by atoms with Crippen molar-refractivity contribution in [3.05, 3.63) is 12.3 Å². The van der Waals surface area contributed by atoms with E-state index in [0.29, 0.717) is 23.9 Å². The minimum atomic E-state index is 0.324. The molecular formula is C12H21N3O. The third-order valence-electron chi connectivity index (χ3n) is 2.08. The Morgan fingerprint density at radius 2 is 2.12 bits per heavy atom. The van der Waals surface area contributed by atoms with E-state index < -0.39 is 0 Å². The highest BCUT2D eigenvalue weighted by Gasteiger charge is 2.09. The molecular weight excluding hydrogens is 202 g/mol. The van der Waals surface area contributed by atoms with Gasteiger partial charge < -0.3 is 10.1 Å². The molecule has 0 atom stereocenters. The molecule has 1 heterocycles. The van der Waals surface area contributed by atoms with Gasteiger partial charge in [0, 0.05) is 18.8 Å². The van der Waals surface area contributed by atoms with Gasteiger partial charge in [0.2, 0.25) is 11.8 Å². The van der Waals surface area contributed by atoms with Crippen molar-refractivity contribution in [3.8, 4) is 5.88 Å². The first-order valence-corrected chi connectivity index (χ1v) is 5.71. The van der Waals surface area contributed by atoms with Crippen molar-refractivity contribution in [2.75, 3.05) is 18.5 Å². The molecule has 0 spiro atoms. The van der Waals surface area contributed by atoms with Crippen LogP contribution < -0.4 is 10.1 Å². The number of hydrogen-bond donors (Lipinski definition) is 1. The largest absolute Gasteiger partial charge is 0.478 e. The number of rotatable bonds is 5. The molecule has 0 radical (unpaired) electrons. The van der Waals surface area contributed by atoms with Crippen LogP contribution in [0.15, 0.2) is 12.3 Å². The summed E-state index contributed by atoms with van der Waals surface area (Å²) < 4.78 is 5.30. The molecule has 0 aliphatic heterocycles. The lowest BCUT2D eigenvalue weighted by molar-refractivity contribution is 0.326. The summed E-state index contributed by atoms with van der Waals surface area (Å²) in [6.45, 7) is 10.1. The molecule has 0 aromatic carbocycles. The van der Waals surface area contributed by atoms with Gasteiger partial charge in [-0.15, -0.1) is 0 Å². The molecule has 0 saturated carbocycles. The maximum absolute atomic E-state index is 5.30. The first-order valence-electron chi connectivity index (χ1n) is 5.71. The molecule has 1 aromatic rings. The Kier molecular flexibility index (Phi) is 4.52. The number of ether oxygens (including phenoxy) is 1. The van der Waals surface area contributed by atoms with Gasteiger partial charge in [-0.3, -0.25) is 0 Å². The molecule has 1 aromatic heterocycles. The Balaban J connectivity index is 2.44. The Hall–Kier alpha value is -1.32. The number of nitrogens with zero attached hydrogens (tertiary/aromatic N) is 2. The fraction of sp³-hybridized carbons (Fsp3) is 0.667. The van der Waals surface area contributed by atoms with E-state index in [4.69, 9.17) is 4.74 Å². The highest BCUT2D eigenvalue weighted by Crippen LogP contribution is 2.18. The first kappa shape index (κ1) is 12.7. The Labute approximate surface area is 97.5 Å². The van der Waals surface area contributed by atoms with E-state index in [-0.39, 0.29) is 0 Å². The van der Waals surface area contributed by atoms with Gasteiger partial charge in [-0.1, -0.05) is 20.8 Å². The topological polar surface area (TPSA) is 47.0 Å². The minimum absolute atomic E-state index is 0.324. The molecule has 0 aliphatic carbocycles. The van der Waals surface area contributed by atoms with E-state index in [1.165, 1.54) is 0 Å². The summed E-state index contributed by atoms with van der Waals surface area (Å²) >= 11 is 0. The second-order valence-electron chi connectivity index (χ2n) is 4.89. The summed E-state index contributed by atoms with van der Waals surface area (Å²) in [5.74, 6) is 1.26. The van der Waals surface area contributed by atoms with Crippen molar-refractivity contribution >= 4 is 5.95 Å². The molecule has 0 saturated heterocycles. The monoisotopic (exact) mass is 223 g/mol. The van der Waals surface area contributed by atoms with Crippen molar-refractivity contribution in [3.63, 3.8) is 0 Å². The lowest BCUT2D eigenvalue weighted by Gasteiger charge is -2.17. The van der Waals surface area contributed by atoms with E-state index in [2.05, 4.69) is 36.1 Å². The van der Waals surface area contributed by atoms with Crippen LogP contribution in [0.25, 0.3) is 0 Å². The van der Waals surface area contributed by atoms with Gasteiger partial charge in [0.05, 0.1) is 6.61 Å². The van der Waals surface area contributed by atoms with Crippen LogP contribution >= 0.6 is 0 Å². The second kappa shape index (κ2) is 5.68. The van der Waals surface area contributed by atoms with Crippen molar-refractivity contribution in [2.24, 2.45) is 5.41 Å². The zero-order valence-electron chi connectivity index (χ0n) is 10.6. The molecule has 1 rings (SSSR count). The molecule has 1 N–H and O–H groups in total. The van der Waals surface area contributed by atoms with Crippen LogP contribution in [0.3, 0.4) is 0 Å². The fourth-order valence-electron chi connectivity index (χ4n) is 1.20. The average molecular weight is 223 g/mol. The van der Waals surface area contributed by atoms with Gasteiger partial charge in [0.25, 0.3) is 0 Å². The summed E-state index contributed by atoms with van der Waals surface area (Å²) in [5.41, 5.74) is 0.324. The van der Waals surface area contributed by atoms with Gasteiger partial charge in [0.15, 0.2) is 0 Å². The molecule has 0 amide bonds. The van der Waals surface area contributed by atoms with Gasteiger partial charge >= 0.3 is 0 Å². The third kappa shape index (κ3) is 4.96. The van der Waals surface area contributed by atoms with E-state index in [0.717, 1.165) is 13.0 Å². The SMILES string of the molecule is CCOc1ccnc(NCCC(C)(C)C)n1. The Bertz CT molecular complexity index is 320. The summed E-state index contributed by atoms with van der Waals surface area (Å²) in [6, 6.07) is 1.76. The maximum Gasteiger partial charge on any atom is 0.225 e. The lowest BCUT2D eigenvalue weighted by atomic mass is 9.92. The van der Waals surface area contributed by atoms with Gasteiger partial charge in [0.1, 0.15) is 0 Å². The highest BCUT2D eigenvalue weighted by molar-refractivity contribution is 5.27. The number of anilines is 1. The third-order valence-corrected chi connectivity index (χ3v) is 2.08. The molecule has 0 fully saturated rings. The second-order valence-corrected chi connectivity index (χ2v) is 4.89. The molecule has 4 nitrogen and oxygen atoms in total. The van der Waals surface area contributed by atoms with Crippen LogP contribution in [-0.2, 0) is 0 Å². The summed E-state index contributed by atoms with van der Waals surface area (Å²) in [7, 11) is 0. The Morgan fingerprint density at radius 3 is 2.75 bits per heavy atom.